The molecule has 0 saturated heterocycles. The number of aromatic nitrogens is 1. The first kappa shape index (κ1) is 20.1. The van der Waals surface area contributed by atoms with Crippen molar-refractivity contribution in [3.8, 4) is 5.75 Å². The van der Waals surface area contributed by atoms with Crippen LogP contribution in [0.15, 0.2) is 60.8 Å². The number of pyridine rings is 1. The third-order valence-electron chi connectivity index (χ3n) is 4.48. The van der Waals surface area contributed by atoms with Crippen LogP contribution >= 0.6 is 0 Å². The van der Waals surface area contributed by atoms with E-state index in [-0.39, 0.29) is 17.5 Å². The molecular formula is C23H23N3O3. The minimum atomic E-state index is -0.378. The highest BCUT2D eigenvalue weighted by atomic mass is 16.5. The van der Waals surface area contributed by atoms with E-state index in [4.69, 9.17) is 4.74 Å². The van der Waals surface area contributed by atoms with Gasteiger partial charge in [-0.05, 0) is 60.9 Å². The molecule has 3 aromatic rings. The number of nitrogens with zero attached hydrogens (tertiary/aromatic N) is 1. The standard InChI is InChI=1S/C23H23N3O3/c1-4-16-6-8-18(9-7-16)25-23(28)20-14-17(11-12-24-20)22(27)26-19-13-15(2)5-10-21(19)29-3/h5-14H,4H2,1-3H3,(H,25,28)(H,26,27). The molecule has 6 nitrogen and oxygen atoms in total. The Kier molecular flexibility index (Phi) is 6.24. The maximum Gasteiger partial charge on any atom is 0.274 e. The smallest absolute Gasteiger partial charge is 0.274 e. The van der Waals surface area contributed by atoms with Crippen molar-refractivity contribution in [2.24, 2.45) is 0 Å². The molecule has 0 spiro atoms. The Labute approximate surface area is 169 Å². The van der Waals surface area contributed by atoms with Crippen molar-refractivity contribution in [1.82, 2.24) is 4.98 Å². The number of benzene rings is 2. The first-order valence-electron chi connectivity index (χ1n) is 9.32. The van der Waals surface area contributed by atoms with Gasteiger partial charge < -0.3 is 15.4 Å². The van der Waals surface area contributed by atoms with Crippen molar-refractivity contribution >= 4 is 23.2 Å². The second-order valence-electron chi connectivity index (χ2n) is 6.59. The molecule has 0 aliphatic heterocycles. The number of amides is 2. The number of carbonyl (C=O) groups excluding carboxylic acids is 2. The van der Waals surface area contributed by atoms with E-state index in [2.05, 4.69) is 22.5 Å². The first-order valence-corrected chi connectivity index (χ1v) is 9.32. The van der Waals surface area contributed by atoms with Crippen LogP contribution in [0.25, 0.3) is 0 Å². The highest BCUT2D eigenvalue weighted by Crippen LogP contribution is 2.25. The summed E-state index contributed by atoms with van der Waals surface area (Å²) in [6, 6.07) is 16.2. The molecule has 0 aliphatic rings. The van der Waals surface area contributed by atoms with Gasteiger partial charge in [-0.2, -0.15) is 0 Å². The highest BCUT2D eigenvalue weighted by Gasteiger charge is 2.14. The van der Waals surface area contributed by atoms with Crippen LogP contribution in [0.2, 0.25) is 0 Å². The lowest BCUT2D eigenvalue weighted by Crippen LogP contribution is -2.17. The Hall–Kier alpha value is -3.67. The van der Waals surface area contributed by atoms with Crippen LogP contribution in [0.1, 0.15) is 38.9 Å². The SMILES string of the molecule is CCc1ccc(NC(=O)c2cc(C(=O)Nc3cc(C)ccc3OC)ccn2)cc1. The summed E-state index contributed by atoms with van der Waals surface area (Å²) >= 11 is 0. The Morgan fingerprint density at radius 1 is 0.966 bits per heavy atom. The van der Waals surface area contributed by atoms with Gasteiger partial charge in [0, 0.05) is 17.4 Å². The van der Waals surface area contributed by atoms with Crippen molar-refractivity contribution in [1.29, 1.82) is 0 Å². The fourth-order valence-electron chi connectivity index (χ4n) is 2.83. The van der Waals surface area contributed by atoms with Gasteiger partial charge in [-0.25, -0.2) is 0 Å². The number of nitrogens with one attached hydrogen (secondary N) is 2. The van der Waals surface area contributed by atoms with Gasteiger partial charge in [0.05, 0.1) is 12.8 Å². The number of methoxy groups -OCH3 is 1. The van der Waals surface area contributed by atoms with Gasteiger partial charge in [-0.1, -0.05) is 25.1 Å². The Morgan fingerprint density at radius 3 is 2.41 bits per heavy atom. The van der Waals surface area contributed by atoms with Gasteiger partial charge in [-0.3, -0.25) is 14.6 Å². The highest BCUT2D eigenvalue weighted by molar-refractivity contribution is 6.08. The summed E-state index contributed by atoms with van der Waals surface area (Å²) in [7, 11) is 1.54. The molecule has 3 rings (SSSR count). The van der Waals surface area contributed by atoms with Crippen LogP contribution in [0.3, 0.4) is 0 Å². The average molecular weight is 389 g/mol. The summed E-state index contributed by atoms with van der Waals surface area (Å²) in [5.74, 6) is -0.166. The molecular weight excluding hydrogens is 366 g/mol. The van der Waals surface area contributed by atoms with Crippen molar-refractivity contribution < 1.29 is 14.3 Å². The zero-order chi connectivity index (χ0) is 20.8. The number of carbonyl (C=O) groups is 2. The van der Waals surface area contributed by atoms with Gasteiger partial charge in [0.2, 0.25) is 0 Å². The van der Waals surface area contributed by atoms with E-state index in [1.165, 1.54) is 17.8 Å². The Morgan fingerprint density at radius 2 is 1.72 bits per heavy atom. The predicted octanol–water partition coefficient (Wildman–Crippen LogP) is 4.47. The normalized spacial score (nSPS) is 10.3. The number of ether oxygens (including phenoxy) is 1. The molecule has 1 heterocycles. The van der Waals surface area contributed by atoms with E-state index < -0.39 is 0 Å². The second kappa shape index (κ2) is 9.01. The van der Waals surface area contributed by atoms with Gasteiger partial charge in [0.1, 0.15) is 11.4 Å². The van der Waals surface area contributed by atoms with Gasteiger partial charge >= 0.3 is 0 Å². The minimum Gasteiger partial charge on any atom is -0.495 e. The zero-order valence-electron chi connectivity index (χ0n) is 16.7. The summed E-state index contributed by atoms with van der Waals surface area (Å²) in [5, 5.41) is 5.62. The fraction of sp³-hybridized carbons (Fsp3) is 0.174. The lowest BCUT2D eigenvalue weighted by atomic mass is 10.1. The van der Waals surface area contributed by atoms with E-state index in [1.54, 1.807) is 19.2 Å². The number of hydrogen-bond donors (Lipinski definition) is 2. The van der Waals surface area contributed by atoms with E-state index in [1.807, 2.05) is 43.3 Å². The Bertz CT molecular complexity index is 1030. The summed E-state index contributed by atoms with van der Waals surface area (Å²) in [6.07, 6.45) is 2.37. The van der Waals surface area contributed by atoms with Crippen LogP contribution in [0.4, 0.5) is 11.4 Å². The van der Waals surface area contributed by atoms with Crippen molar-refractivity contribution in [3.63, 3.8) is 0 Å². The molecule has 2 aromatic carbocycles. The molecule has 0 unspecified atom stereocenters. The topological polar surface area (TPSA) is 80.3 Å². The van der Waals surface area contributed by atoms with Crippen molar-refractivity contribution in [2.45, 2.75) is 20.3 Å². The maximum atomic E-state index is 12.7. The lowest BCUT2D eigenvalue weighted by molar-refractivity contribution is 0.102. The molecule has 0 aliphatic carbocycles. The number of rotatable bonds is 6. The van der Waals surface area contributed by atoms with Gasteiger partial charge in [0.15, 0.2) is 0 Å². The van der Waals surface area contributed by atoms with Crippen molar-refractivity contribution in [2.75, 3.05) is 17.7 Å². The molecule has 1 aromatic heterocycles. The lowest BCUT2D eigenvalue weighted by Gasteiger charge is -2.11. The summed E-state index contributed by atoms with van der Waals surface area (Å²) in [6.45, 7) is 4.00. The largest absolute Gasteiger partial charge is 0.495 e. The third-order valence-corrected chi connectivity index (χ3v) is 4.48. The molecule has 0 saturated carbocycles. The second-order valence-corrected chi connectivity index (χ2v) is 6.59. The molecule has 0 atom stereocenters. The van der Waals surface area contributed by atoms with E-state index >= 15 is 0 Å². The monoisotopic (exact) mass is 389 g/mol. The van der Waals surface area contributed by atoms with E-state index in [9.17, 15) is 9.59 Å². The van der Waals surface area contributed by atoms with Crippen LogP contribution in [-0.4, -0.2) is 23.9 Å². The van der Waals surface area contributed by atoms with Gasteiger partial charge in [-0.15, -0.1) is 0 Å². The van der Waals surface area contributed by atoms with Crippen LogP contribution in [0, 0.1) is 6.92 Å². The quantitative estimate of drug-likeness (QED) is 0.652. The van der Waals surface area contributed by atoms with Crippen LogP contribution < -0.4 is 15.4 Å². The van der Waals surface area contributed by atoms with E-state index in [0.717, 1.165) is 12.0 Å². The predicted molar refractivity (Wildman–Crippen MR) is 114 cm³/mol. The molecule has 148 valence electrons. The molecule has 2 N–H and O–H groups in total. The van der Waals surface area contributed by atoms with E-state index in [0.29, 0.717) is 22.7 Å². The van der Waals surface area contributed by atoms with Crippen LogP contribution in [-0.2, 0) is 6.42 Å². The summed E-state index contributed by atoms with van der Waals surface area (Å²) in [5.41, 5.74) is 3.91. The molecule has 29 heavy (non-hydrogen) atoms. The van der Waals surface area contributed by atoms with Crippen LogP contribution in [0.5, 0.6) is 5.75 Å². The molecule has 2 amide bonds. The summed E-state index contributed by atoms with van der Waals surface area (Å²) in [4.78, 5) is 29.3. The average Bonchev–Trinajstić information content (AvgIpc) is 2.74. The molecule has 0 radical (unpaired) electrons. The minimum absolute atomic E-state index is 0.161. The number of anilines is 2. The third kappa shape index (κ3) is 4.99. The number of hydrogen-bond acceptors (Lipinski definition) is 4. The van der Waals surface area contributed by atoms with Gasteiger partial charge in [0.25, 0.3) is 11.8 Å². The molecule has 0 bridgehead atoms. The zero-order valence-corrected chi connectivity index (χ0v) is 16.7. The molecule has 6 heteroatoms. The Balaban J connectivity index is 1.75. The molecule has 0 fully saturated rings. The van der Waals surface area contributed by atoms with Crippen molar-refractivity contribution in [3.05, 3.63) is 83.2 Å². The summed E-state index contributed by atoms with van der Waals surface area (Å²) < 4.78 is 5.29. The fourth-order valence-corrected chi connectivity index (χ4v) is 2.83. The maximum absolute atomic E-state index is 12.7. The number of aryl methyl sites for hydroxylation is 2. The first-order chi connectivity index (χ1) is 14.0.